The van der Waals surface area contributed by atoms with Crippen LogP contribution in [0.1, 0.15) is 20.3 Å². The molecule has 0 fully saturated rings. The van der Waals surface area contributed by atoms with Crippen LogP contribution in [-0.4, -0.2) is 22.2 Å². The Hall–Kier alpha value is -0.610. The number of hydrogen-bond acceptors (Lipinski definition) is 3. The van der Waals surface area contributed by atoms with Crippen LogP contribution in [-0.2, 0) is 0 Å². The van der Waals surface area contributed by atoms with Crippen LogP contribution < -0.4 is 5.32 Å². The van der Waals surface area contributed by atoms with Gasteiger partial charge in [-0.3, -0.25) is 0 Å². The Labute approximate surface area is 92.7 Å². The van der Waals surface area contributed by atoms with Crippen LogP contribution in [0.25, 0.3) is 0 Å². The molecule has 0 spiro atoms. The molecule has 3 nitrogen and oxygen atoms in total. The summed E-state index contributed by atoms with van der Waals surface area (Å²) < 4.78 is 0.909. The molecule has 0 saturated carbocycles. The summed E-state index contributed by atoms with van der Waals surface area (Å²) in [5.41, 5.74) is -0.684. The predicted octanol–water partition coefficient (Wildman–Crippen LogP) is 2.42. The van der Waals surface area contributed by atoms with Gasteiger partial charge in [0, 0.05) is 12.7 Å². The van der Waals surface area contributed by atoms with E-state index in [1.165, 1.54) is 0 Å². The van der Waals surface area contributed by atoms with Crippen LogP contribution in [0.4, 0.5) is 5.82 Å². The van der Waals surface area contributed by atoms with Crippen LogP contribution in [0.15, 0.2) is 22.8 Å². The molecule has 2 N–H and O–H groups in total. The molecule has 0 aliphatic heterocycles. The quantitative estimate of drug-likeness (QED) is 0.872. The number of pyridine rings is 1. The molecule has 1 rings (SSSR count). The zero-order valence-corrected chi connectivity index (χ0v) is 10.0. The summed E-state index contributed by atoms with van der Waals surface area (Å²) in [4.78, 5) is 4.15. The van der Waals surface area contributed by atoms with Gasteiger partial charge in [0.1, 0.15) is 5.82 Å². The lowest BCUT2D eigenvalue weighted by atomic mass is 10.0. The molecule has 1 aromatic heterocycles. The SMILES string of the molecule is CCC(C)(O)CNc1ncccc1Br. The number of nitrogens with zero attached hydrogens (tertiary/aromatic N) is 1. The third-order valence-corrected chi connectivity index (χ3v) is 2.80. The highest BCUT2D eigenvalue weighted by molar-refractivity contribution is 9.10. The summed E-state index contributed by atoms with van der Waals surface area (Å²) in [6, 6.07) is 3.77. The molecule has 1 unspecified atom stereocenters. The zero-order chi connectivity index (χ0) is 10.6. The number of rotatable bonds is 4. The summed E-state index contributed by atoms with van der Waals surface area (Å²) in [5.74, 6) is 0.765. The van der Waals surface area contributed by atoms with Crippen molar-refractivity contribution in [1.29, 1.82) is 0 Å². The fraction of sp³-hybridized carbons (Fsp3) is 0.500. The van der Waals surface area contributed by atoms with Crippen LogP contribution in [0.3, 0.4) is 0 Å². The number of hydrogen-bond donors (Lipinski definition) is 2. The highest BCUT2D eigenvalue weighted by atomic mass is 79.9. The van der Waals surface area contributed by atoms with Gasteiger partial charge in [-0.05, 0) is 41.4 Å². The number of anilines is 1. The van der Waals surface area contributed by atoms with Gasteiger partial charge in [-0.25, -0.2) is 4.98 Å². The molecule has 0 aliphatic carbocycles. The monoisotopic (exact) mass is 258 g/mol. The maximum absolute atomic E-state index is 9.77. The van der Waals surface area contributed by atoms with E-state index in [1.54, 1.807) is 13.1 Å². The van der Waals surface area contributed by atoms with Crippen molar-refractivity contribution in [3.63, 3.8) is 0 Å². The summed E-state index contributed by atoms with van der Waals surface area (Å²) in [7, 11) is 0. The first-order chi connectivity index (χ1) is 6.55. The Balaban J connectivity index is 2.58. The Morgan fingerprint density at radius 3 is 2.93 bits per heavy atom. The average molecular weight is 259 g/mol. The predicted molar refractivity (Wildman–Crippen MR) is 61.3 cm³/mol. The van der Waals surface area contributed by atoms with E-state index in [0.717, 1.165) is 10.3 Å². The second-order valence-electron chi connectivity index (χ2n) is 3.54. The third-order valence-electron chi connectivity index (χ3n) is 2.16. The lowest BCUT2D eigenvalue weighted by Gasteiger charge is -2.22. The van der Waals surface area contributed by atoms with Gasteiger partial charge in [-0.1, -0.05) is 6.92 Å². The molecular formula is C10H15BrN2O. The minimum absolute atomic E-state index is 0.499. The topological polar surface area (TPSA) is 45.1 Å². The largest absolute Gasteiger partial charge is 0.388 e. The Morgan fingerprint density at radius 2 is 2.36 bits per heavy atom. The van der Waals surface area contributed by atoms with E-state index in [4.69, 9.17) is 0 Å². The van der Waals surface area contributed by atoms with E-state index in [0.29, 0.717) is 13.0 Å². The lowest BCUT2D eigenvalue weighted by molar-refractivity contribution is 0.0696. The molecule has 0 aromatic carbocycles. The van der Waals surface area contributed by atoms with Crippen molar-refractivity contribution in [1.82, 2.24) is 4.98 Å². The van der Waals surface area contributed by atoms with Crippen molar-refractivity contribution in [2.24, 2.45) is 0 Å². The maximum Gasteiger partial charge on any atom is 0.140 e. The van der Waals surface area contributed by atoms with Gasteiger partial charge in [-0.2, -0.15) is 0 Å². The number of aliphatic hydroxyl groups is 1. The van der Waals surface area contributed by atoms with Gasteiger partial charge in [0.15, 0.2) is 0 Å². The normalized spacial score (nSPS) is 14.9. The van der Waals surface area contributed by atoms with Crippen LogP contribution in [0.2, 0.25) is 0 Å². The fourth-order valence-corrected chi connectivity index (χ4v) is 1.31. The van der Waals surface area contributed by atoms with Gasteiger partial charge < -0.3 is 10.4 Å². The minimum atomic E-state index is -0.684. The lowest BCUT2D eigenvalue weighted by Crippen LogP contribution is -2.32. The van der Waals surface area contributed by atoms with E-state index in [-0.39, 0.29) is 0 Å². The van der Waals surface area contributed by atoms with Crippen molar-refractivity contribution >= 4 is 21.7 Å². The smallest absolute Gasteiger partial charge is 0.140 e. The highest BCUT2D eigenvalue weighted by Gasteiger charge is 2.17. The van der Waals surface area contributed by atoms with E-state index in [1.807, 2.05) is 19.1 Å². The van der Waals surface area contributed by atoms with E-state index < -0.39 is 5.60 Å². The van der Waals surface area contributed by atoms with Gasteiger partial charge in [-0.15, -0.1) is 0 Å². The first-order valence-corrected chi connectivity index (χ1v) is 5.41. The van der Waals surface area contributed by atoms with E-state index in [9.17, 15) is 5.11 Å². The van der Waals surface area contributed by atoms with Gasteiger partial charge in [0.05, 0.1) is 10.1 Å². The molecule has 78 valence electrons. The molecular weight excluding hydrogens is 244 g/mol. The van der Waals surface area contributed by atoms with E-state index >= 15 is 0 Å². The molecule has 1 aromatic rings. The second kappa shape index (κ2) is 4.75. The maximum atomic E-state index is 9.77. The zero-order valence-electron chi connectivity index (χ0n) is 8.42. The van der Waals surface area contributed by atoms with Crippen molar-refractivity contribution in [3.8, 4) is 0 Å². The van der Waals surface area contributed by atoms with Crippen molar-refractivity contribution < 1.29 is 5.11 Å². The van der Waals surface area contributed by atoms with Crippen LogP contribution in [0, 0.1) is 0 Å². The van der Waals surface area contributed by atoms with Crippen LogP contribution >= 0.6 is 15.9 Å². The van der Waals surface area contributed by atoms with Gasteiger partial charge in [0.2, 0.25) is 0 Å². The molecule has 14 heavy (non-hydrogen) atoms. The highest BCUT2D eigenvalue weighted by Crippen LogP contribution is 2.19. The molecule has 0 bridgehead atoms. The Morgan fingerprint density at radius 1 is 1.64 bits per heavy atom. The Kier molecular flexibility index (Phi) is 3.89. The molecule has 0 aliphatic rings. The van der Waals surface area contributed by atoms with E-state index in [2.05, 4.69) is 26.2 Å². The van der Waals surface area contributed by atoms with Gasteiger partial charge >= 0.3 is 0 Å². The molecule has 0 saturated heterocycles. The molecule has 0 amide bonds. The van der Waals surface area contributed by atoms with Crippen molar-refractivity contribution in [2.75, 3.05) is 11.9 Å². The van der Waals surface area contributed by atoms with Crippen molar-refractivity contribution in [3.05, 3.63) is 22.8 Å². The fourth-order valence-electron chi connectivity index (χ4n) is 0.915. The standard InChI is InChI=1S/C10H15BrN2O/c1-3-10(2,14)7-13-9-8(11)5-4-6-12-9/h4-6,14H,3,7H2,1-2H3,(H,12,13). The van der Waals surface area contributed by atoms with Gasteiger partial charge in [0.25, 0.3) is 0 Å². The Bertz CT molecular complexity index is 302. The number of aromatic nitrogens is 1. The van der Waals surface area contributed by atoms with Crippen molar-refractivity contribution in [2.45, 2.75) is 25.9 Å². The summed E-state index contributed by atoms with van der Waals surface area (Å²) >= 11 is 3.38. The summed E-state index contributed by atoms with van der Waals surface area (Å²) in [5, 5.41) is 12.9. The number of nitrogens with one attached hydrogen (secondary N) is 1. The molecule has 0 radical (unpaired) electrons. The first kappa shape index (κ1) is 11.5. The molecule has 4 heteroatoms. The first-order valence-electron chi connectivity index (χ1n) is 4.62. The van der Waals surface area contributed by atoms with Crippen LogP contribution in [0.5, 0.6) is 0 Å². The molecule has 1 atom stereocenters. The third kappa shape index (κ3) is 3.27. The second-order valence-corrected chi connectivity index (χ2v) is 4.39. The minimum Gasteiger partial charge on any atom is -0.388 e. The average Bonchev–Trinajstić information content (AvgIpc) is 2.17. The summed E-state index contributed by atoms with van der Waals surface area (Å²) in [6.45, 7) is 4.26. The summed E-state index contributed by atoms with van der Waals surface area (Å²) in [6.07, 6.45) is 2.43. The number of halogens is 1. The molecule has 1 heterocycles.